The second kappa shape index (κ2) is 6.64. The van der Waals surface area contributed by atoms with Crippen LogP contribution < -0.4 is 16.0 Å². The van der Waals surface area contributed by atoms with Crippen LogP contribution in [0.2, 0.25) is 0 Å². The van der Waals surface area contributed by atoms with Crippen molar-refractivity contribution in [2.24, 2.45) is 5.92 Å². The topological polar surface area (TPSA) is 90.9 Å². The van der Waals surface area contributed by atoms with Crippen molar-refractivity contribution in [3.8, 4) is 6.07 Å². The van der Waals surface area contributed by atoms with Gasteiger partial charge in [-0.2, -0.15) is 15.2 Å². The molecule has 6 nitrogen and oxygen atoms in total. The van der Waals surface area contributed by atoms with Crippen LogP contribution >= 0.6 is 0 Å². The maximum Gasteiger partial charge on any atom is 0.223 e. The highest BCUT2D eigenvalue weighted by atomic mass is 15.2. The van der Waals surface area contributed by atoms with Crippen molar-refractivity contribution in [2.75, 3.05) is 35.6 Å². The summed E-state index contributed by atoms with van der Waals surface area (Å²) in [5.41, 5.74) is 5.69. The van der Waals surface area contributed by atoms with Gasteiger partial charge in [-0.3, -0.25) is 0 Å². The Balaban J connectivity index is 2.94. The van der Waals surface area contributed by atoms with E-state index in [4.69, 9.17) is 11.0 Å². The largest absolute Gasteiger partial charge is 0.370 e. The number of nitriles is 1. The van der Waals surface area contributed by atoms with Crippen LogP contribution in [-0.2, 0) is 0 Å². The third-order valence-corrected chi connectivity index (χ3v) is 2.51. The van der Waals surface area contributed by atoms with Gasteiger partial charge in [-0.1, -0.05) is 0 Å². The van der Waals surface area contributed by atoms with Gasteiger partial charge in [0.15, 0.2) is 0 Å². The smallest absolute Gasteiger partial charge is 0.223 e. The molecule has 0 saturated heterocycles. The Kier molecular flexibility index (Phi) is 5.18. The lowest BCUT2D eigenvalue weighted by Gasteiger charge is -2.23. The lowest BCUT2D eigenvalue weighted by molar-refractivity contribution is 0.679. The van der Waals surface area contributed by atoms with Gasteiger partial charge in [0, 0.05) is 25.7 Å². The number of nitrogens with two attached hydrogens (primary N) is 1. The lowest BCUT2D eigenvalue weighted by Crippen LogP contribution is -2.29. The predicted molar refractivity (Wildman–Crippen MR) is 73.3 cm³/mol. The maximum absolute atomic E-state index is 8.87. The highest BCUT2D eigenvalue weighted by Gasteiger charge is 2.12. The third kappa shape index (κ3) is 3.77. The molecule has 0 spiro atoms. The van der Waals surface area contributed by atoms with Crippen molar-refractivity contribution in [3.63, 3.8) is 0 Å². The van der Waals surface area contributed by atoms with Crippen molar-refractivity contribution in [2.45, 2.75) is 20.8 Å². The number of nitrogens with zero attached hydrogens (tertiary/aromatic N) is 4. The van der Waals surface area contributed by atoms with E-state index in [2.05, 4.69) is 21.4 Å². The molecule has 18 heavy (non-hydrogen) atoms. The van der Waals surface area contributed by atoms with Crippen LogP contribution in [0.5, 0.6) is 0 Å². The van der Waals surface area contributed by atoms with Crippen LogP contribution in [0.25, 0.3) is 0 Å². The number of aromatic nitrogens is 2. The van der Waals surface area contributed by atoms with E-state index in [9.17, 15) is 0 Å². The Hall–Kier alpha value is -2.03. The molecule has 3 N–H and O–H groups in total. The fourth-order valence-electron chi connectivity index (χ4n) is 1.64. The zero-order valence-corrected chi connectivity index (χ0v) is 11.1. The summed E-state index contributed by atoms with van der Waals surface area (Å²) in [6.07, 6.45) is 0. The van der Waals surface area contributed by atoms with Gasteiger partial charge in [0.25, 0.3) is 0 Å². The van der Waals surface area contributed by atoms with Crippen LogP contribution in [-0.4, -0.2) is 29.6 Å². The monoisotopic (exact) mass is 248 g/mol. The Morgan fingerprint density at radius 2 is 2.22 bits per heavy atom. The van der Waals surface area contributed by atoms with Crippen LogP contribution in [0.3, 0.4) is 0 Å². The number of anilines is 3. The first kappa shape index (κ1) is 14.0. The van der Waals surface area contributed by atoms with Gasteiger partial charge in [0.1, 0.15) is 11.6 Å². The highest BCUT2D eigenvalue weighted by Crippen LogP contribution is 2.17. The summed E-state index contributed by atoms with van der Waals surface area (Å²) in [6.45, 7) is 8.08. The normalized spacial score (nSPS) is 11.7. The van der Waals surface area contributed by atoms with Crippen LogP contribution in [0.1, 0.15) is 20.8 Å². The van der Waals surface area contributed by atoms with Crippen molar-refractivity contribution in [1.82, 2.24) is 9.97 Å². The predicted octanol–water partition coefficient (Wildman–Crippen LogP) is 1.48. The Morgan fingerprint density at radius 1 is 1.50 bits per heavy atom. The highest BCUT2D eigenvalue weighted by molar-refractivity contribution is 5.52. The molecule has 1 atom stereocenters. The minimum Gasteiger partial charge on any atom is -0.370 e. The summed E-state index contributed by atoms with van der Waals surface area (Å²) in [5.74, 6) is 1.65. The molecule has 0 bridgehead atoms. The number of rotatable bonds is 6. The minimum atomic E-state index is -0.0521. The molecule has 0 radical (unpaired) electrons. The molecule has 1 aromatic heterocycles. The number of nitrogen functional groups attached to an aromatic ring is 1. The standard InChI is InChI=1S/C12H20N6/c1-4-15-10-6-11(17-12(14)16-10)18(5-2)8-9(3)7-13/h6,9H,4-5,8H2,1-3H3,(H3,14,15,16,17). The van der Waals surface area contributed by atoms with E-state index in [1.54, 1.807) is 0 Å². The van der Waals surface area contributed by atoms with Crippen LogP contribution in [0, 0.1) is 17.2 Å². The Bertz CT molecular complexity index is 425. The van der Waals surface area contributed by atoms with Crippen molar-refractivity contribution < 1.29 is 0 Å². The maximum atomic E-state index is 8.87. The van der Waals surface area contributed by atoms with E-state index < -0.39 is 0 Å². The molecule has 0 amide bonds. The summed E-state index contributed by atoms with van der Waals surface area (Å²) in [5, 5.41) is 12.0. The van der Waals surface area contributed by atoms with Gasteiger partial charge >= 0.3 is 0 Å². The molecule has 0 aliphatic carbocycles. The summed E-state index contributed by atoms with van der Waals surface area (Å²) in [7, 11) is 0. The number of hydrogen-bond acceptors (Lipinski definition) is 6. The SMILES string of the molecule is CCNc1cc(N(CC)CC(C)C#N)nc(N)n1. The molecular formula is C12H20N6. The summed E-state index contributed by atoms with van der Waals surface area (Å²) in [4.78, 5) is 10.3. The van der Waals surface area contributed by atoms with Crippen molar-refractivity contribution in [3.05, 3.63) is 6.07 Å². The number of nitrogens with one attached hydrogen (secondary N) is 1. The van der Waals surface area contributed by atoms with Crippen molar-refractivity contribution >= 4 is 17.6 Å². The van der Waals surface area contributed by atoms with Gasteiger partial charge in [0.2, 0.25) is 5.95 Å². The first-order valence-electron chi connectivity index (χ1n) is 6.13. The minimum absolute atomic E-state index is 0.0521. The molecule has 0 aliphatic heterocycles. The fourth-order valence-corrected chi connectivity index (χ4v) is 1.64. The second-order valence-corrected chi connectivity index (χ2v) is 4.07. The Morgan fingerprint density at radius 3 is 2.78 bits per heavy atom. The molecule has 1 rings (SSSR count). The molecule has 0 saturated carbocycles. The van der Waals surface area contributed by atoms with Crippen LogP contribution in [0.15, 0.2) is 6.07 Å². The molecule has 1 heterocycles. The molecule has 98 valence electrons. The average molecular weight is 248 g/mol. The molecule has 0 aromatic carbocycles. The van der Waals surface area contributed by atoms with Gasteiger partial charge in [0.05, 0.1) is 12.0 Å². The zero-order valence-electron chi connectivity index (χ0n) is 11.1. The summed E-state index contributed by atoms with van der Waals surface area (Å²) >= 11 is 0. The van der Waals surface area contributed by atoms with E-state index in [0.29, 0.717) is 12.4 Å². The van der Waals surface area contributed by atoms with Gasteiger partial charge in [-0.25, -0.2) is 0 Å². The summed E-state index contributed by atoms with van der Waals surface area (Å²) in [6, 6.07) is 4.08. The first-order chi connectivity index (χ1) is 8.60. The van der Waals surface area contributed by atoms with Crippen molar-refractivity contribution in [1.29, 1.82) is 5.26 Å². The quantitative estimate of drug-likeness (QED) is 0.792. The first-order valence-corrected chi connectivity index (χ1v) is 6.13. The Labute approximate surface area is 108 Å². The molecule has 0 aliphatic rings. The van der Waals surface area contributed by atoms with Gasteiger partial charge in [-0.05, 0) is 20.8 Å². The molecule has 1 unspecified atom stereocenters. The molecule has 6 heteroatoms. The number of hydrogen-bond donors (Lipinski definition) is 2. The lowest BCUT2D eigenvalue weighted by atomic mass is 10.2. The molecule has 1 aromatic rings. The average Bonchev–Trinajstić information content (AvgIpc) is 2.35. The van der Waals surface area contributed by atoms with E-state index in [0.717, 1.165) is 18.9 Å². The van der Waals surface area contributed by atoms with Crippen LogP contribution in [0.4, 0.5) is 17.6 Å². The van der Waals surface area contributed by atoms with Gasteiger partial charge < -0.3 is 16.0 Å². The fraction of sp³-hybridized carbons (Fsp3) is 0.583. The third-order valence-electron chi connectivity index (χ3n) is 2.51. The van der Waals surface area contributed by atoms with Gasteiger partial charge in [-0.15, -0.1) is 0 Å². The molecular weight excluding hydrogens is 228 g/mol. The second-order valence-electron chi connectivity index (χ2n) is 4.07. The van der Waals surface area contributed by atoms with E-state index in [-0.39, 0.29) is 11.9 Å². The molecule has 0 fully saturated rings. The van der Waals surface area contributed by atoms with E-state index in [1.165, 1.54) is 0 Å². The summed E-state index contributed by atoms with van der Waals surface area (Å²) < 4.78 is 0. The van der Waals surface area contributed by atoms with E-state index in [1.807, 2.05) is 31.7 Å². The zero-order chi connectivity index (χ0) is 13.5. The van der Waals surface area contributed by atoms with E-state index >= 15 is 0 Å².